The summed E-state index contributed by atoms with van der Waals surface area (Å²) in [7, 11) is -1.04. The second kappa shape index (κ2) is 9.02. The Balaban J connectivity index is 1.82. The third-order valence-electron chi connectivity index (χ3n) is 4.03. The zero-order valence-corrected chi connectivity index (χ0v) is 17.6. The van der Waals surface area contributed by atoms with Crippen molar-refractivity contribution in [1.82, 2.24) is 4.98 Å². The number of rotatable bonds is 7. The summed E-state index contributed by atoms with van der Waals surface area (Å²) in [6.07, 6.45) is 1.43. The second-order valence-corrected chi connectivity index (χ2v) is 8.08. The molecule has 0 aliphatic heterocycles. The van der Waals surface area contributed by atoms with Crippen LogP contribution in [0.4, 0.5) is 11.4 Å². The summed E-state index contributed by atoms with van der Waals surface area (Å²) in [5.74, 6) is 0.472. The Kier molecular flexibility index (Phi) is 6.43. The van der Waals surface area contributed by atoms with E-state index < -0.39 is 15.9 Å². The number of pyridine rings is 1. The van der Waals surface area contributed by atoms with Gasteiger partial charge in [0.25, 0.3) is 15.9 Å². The highest BCUT2D eigenvalue weighted by molar-refractivity contribution is 7.92. The molecular weight excluding hydrogens is 430 g/mol. The Morgan fingerprint density at radius 3 is 2.27 bits per heavy atom. The topological polar surface area (TPSA) is 107 Å². The van der Waals surface area contributed by atoms with Crippen LogP contribution in [0.5, 0.6) is 11.6 Å². The average Bonchev–Trinajstić information content (AvgIpc) is 2.74. The second-order valence-electron chi connectivity index (χ2n) is 6.02. The molecule has 30 heavy (non-hydrogen) atoms. The van der Waals surface area contributed by atoms with Gasteiger partial charge in [-0.25, -0.2) is 13.4 Å². The first-order chi connectivity index (χ1) is 14.3. The number of carbonyl (C=O) groups excluding carboxylic acids is 1. The van der Waals surface area contributed by atoms with E-state index in [2.05, 4.69) is 15.0 Å². The van der Waals surface area contributed by atoms with Crippen molar-refractivity contribution >= 4 is 38.9 Å². The van der Waals surface area contributed by atoms with E-state index in [-0.39, 0.29) is 15.5 Å². The van der Waals surface area contributed by atoms with Crippen molar-refractivity contribution in [3.05, 3.63) is 71.4 Å². The van der Waals surface area contributed by atoms with Crippen molar-refractivity contribution < 1.29 is 22.7 Å². The molecule has 156 valence electrons. The number of aromatic nitrogens is 1. The van der Waals surface area contributed by atoms with E-state index in [9.17, 15) is 13.2 Å². The van der Waals surface area contributed by atoms with Crippen molar-refractivity contribution in [3.8, 4) is 11.6 Å². The molecule has 0 saturated carbocycles. The van der Waals surface area contributed by atoms with Gasteiger partial charge < -0.3 is 14.8 Å². The number of nitrogens with zero attached hydrogens (tertiary/aromatic N) is 1. The fraction of sp³-hybridized carbons (Fsp3) is 0.100. The number of methoxy groups -OCH3 is 2. The third kappa shape index (κ3) is 5.00. The smallest absolute Gasteiger partial charge is 0.263 e. The molecule has 0 radical (unpaired) electrons. The average molecular weight is 448 g/mol. The molecule has 0 atom stereocenters. The minimum atomic E-state index is -4.03. The fourth-order valence-corrected chi connectivity index (χ4v) is 4.08. The molecule has 0 unspecified atom stereocenters. The molecule has 2 N–H and O–H groups in total. The van der Waals surface area contributed by atoms with Crippen LogP contribution in [0, 0.1) is 0 Å². The standard InChI is InChI=1S/C20H18ClN3O5S/c1-28-16-7-4-14(5-8-16)24-30(26,27)18-11-13(3-9-17(18)21)20(25)23-15-6-10-19(29-2)22-12-15/h3-12,24H,1-2H3,(H,23,25). The Bertz CT molecular complexity index is 1150. The van der Waals surface area contributed by atoms with E-state index in [0.29, 0.717) is 23.0 Å². The van der Waals surface area contributed by atoms with Gasteiger partial charge in [0.15, 0.2) is 0 Å². The largest absolute Gasteiger partial charge is 0.497 e. The van der Waals surface area contributed by atoms with Gasteiger partial charge in [0, 0.05) is 17.3 Å². The third-order valence-corrected chi connectivity index (χ3v) is 5.89. The van der Waals surface area contributed by atoms with E-state index in [1.54, 1.807) is 36.4 Å². The van der Waals surface area contributed by atoms with Crippen LogP contribution >= 0.6 is 11.6 Å². The summed E-state index contributed by atoms with van der Waals surface area (Å²) < 4.78 is 38.0. The molecule has 0 fully saturated rings. The molecule has 8 nitrogen and oxygen atoms in total. The summed E-state index contributed by atoms with van der Waals surface area (Å²) >= 11 is 6.10. The lowest BCUT2D eigenvalue weighted by atomic mass is 10.2. The van der Waals surface area contributed by atoms with Crippen LogP contribution in [-0.2, 0) is 10.0 Å². The number of benzene rings is 2. The highest BCUT2D eigenvalue weighted by Crippen LogP contribution is 2.26. The molecule has 3 rings (SSSR count). The van der Waals surface area contributed by atoms with Crippen LogP contribution in [0.2, 0.25) is 5.02 Å². The van der Waals surface area contributed by atoms with Crippen LogP contribution in [0.15, 0.2) is 65.7 Å². The first-order valence-corrected chi connectivity index (χ1v) is 10.5. The number of anilines is 2. The van der Waals surface area contributed by atoms with E-state index >= 15 is 0 Å². The van der Waals surface area contributed by atoms with Crippen molar-refractivity contribution in [2.45, 2.75) is 4.90 Å². The van der Waals surface area contributed by atoms with Gasteiger partial charge in [-0.3, -0.25) is 9.52 Å². The van der Waals surface area contributed by atoms with Gasteiger partial charge in [-0.05, 0) is 48.5 Å². The van der Waals surface area contributed by atoms with Gasteiger partial charge in [-0.2, -0.15) is 0 Å². The van der Waals surface area contributed by atoms with E-state index in [4.69, 9.17) is 21.1 Å². The van der Waals surface area contributed by atoms with Gasteiger partial charge in [-0.15, -0.1) is 0 Å². The first-order valence-electron chi connectivity index (χ1n) is 8.60. The molecule has 2 aromatic carbocycles. The number of halogens is 1. The maximum atomic E-state index is 12.8. The maximum absolute atomic E-state index is 12.8. The Morgan fingerprint density at radius 1 is 0.967 bits per heavy atom. The van der Waals surface area contributed by atoms with E-state index in [1.165, 1.54) is 38.6 Å². The molecule has 3 aromatic rings. The fourth-order valence-electron chi connectivity index (χ4n) is 2.50. The van der Waals surface area contributed by atoms with Crippen LogP contribution in [0.1, 0.15) is 10.4 Å². The number of carbonyl (C=O) groups is 1. The predicted molar refractivity (Wildman–Crippen MR) is 114 cm³/mol. The number of hydrogen-bond acceptors (Lipinski definition) is 6. The minimum absolute atomic E-state index is 0.0151. The van der Waals surface area contributed by atoms with Crippen molar-refractivity contribution in [2.75, 3.05) is 24.3 Å². The molecule has 0 spiro atoms. The molecule has 10 heteroatoms. The molecule has 0 saturated heterocycles. The number of sulfonamides is 1. The quantitative estimate of drug-likeness (QED) is 0.570. The Labute approximate surface area is 178 Å². The maximum Gasteiger partial charge on any atom is 0.263 e. The van der Waals surface area contributed by atoms with Crippen molar-refractivity contribution in [2.24, 2.45) is 0 Å². The van der Waals surface area contributed by atoms with Crippen molar-refractivity contribution in [1.29, 1.82) is 0 Å². The molecule has 1 aromatic heterocycles. The summed E-state index contributed by atoms with van der Waals surface area (Å²) in [5.41, 5.74) is 0.868. The molecule has 1 amide bonds. The van der Waals surface area contributed by atoms with Crippen molar-refractivity contribution in [3.63, 3.8) is 0 Å². The zero-order valence-electron chi connectivity index (χ0n) is 16.0. The number of amides is 1. The number of hydrogen-bond donors (Lipinski definition) is 2. The summed E-state index contributed by atoms with van der Waals surface area (Å²) in [5, 5.41) is 2.63. The lowest BCUT2D eigenvalue weighted by Crippen LogP contribution is -2.16. The monoisotopic (exact) mass is 447 g/mol. The molecule has 0 bridgehead atoms. The van der Waals surface area contributed by atoms with E-state index in [1.807, 2.05) is 0 Å². The molecule has 0 aliphatic rings. The normalized spacial score (nSPS) is 10.9. The number of nitrogens with one attached hydrogen (secondary N) is 2. The minimum Gasteiger partial charge on any atom is -0.497 e. The van der Waals surface area contributed by atoms with Crippen LogP contribution in [0.25, 0.3) is 0 Å². The van der Waals surface area contributed by atoms with Crippen LogP contribution in [-0.4, -0.2) is 33.5 Å². The predicted octanol–water partition coefficient (Wildman–Crippen LogP) is 3.81. The Hall–Kier alpha value is -3.30. The first kappa shape index (κ1) is 21.4. The summed E-state index contributed by atoms with van der Waals surface area (Å²) in [6.45, 7) is 0. The molecule has 1 heterocycles. The highest BCUT2D eigenvalue weighted by atomic mass is 35.5. The zero-order chi connectivity index (χ0) is 21.7. The van der Waals surface area contributed by atoms with Crippen LogP contribution < -0.4 is 19.5 Å². The number of ether oxygens (including phenoxy) is 2. The lowest BCUT2D eigenvalue weighted by molar-refractivity contribution is 0.102. The van der Waals surface area contributed by atoms with E-state index in [0.717, 1.165) is 0 Å². The highest BCUT2D eigenvalue weighted by Gasteiger charge is 2.20. The Morgan fingerprint density at radius 2 is 1.67 bits per heavy atom. The van der Waals surface area contributed by atoms with Gasteiger partial charge in [-0.1, -0.05) is 11.6 Å². The molecular formula is C20H18ClN3O5S. The van der Waals surface area contributed by atoms with Gasteiger partial charge in [0.1, 0.15) is 10.6 Å². The SMILES string of the molecule is COc1ccc(NS(=O)(=O)c2cc(C(=O)Nc3ccc(OC)nc3)ccc2Cl)cc1. The van der Waals surface area contributed by atoms with Gasteiger partial charge in [0.05, 0.1) is 31.1 Å². The molecule has 0 aliphatic carbocycles. The summed E-state index contributed by atoms with van der Waals surface area (Å²) in [4.78, 5) is 16.3. The van der Waals surface area contributed by atoms with Gasteiger partial charge in [0.2, 0.25) is 5.88 Å². The summed E-state index contributed by atoms with van der Waals surface area (Å²) in [6, 6.07) is 13.5. The van der Waals surface area contributed by atoms with Crippen LogP contribution in [0.3, 0.4) is 0 Å². The van der Waals surface area contributed by atoms with Gasteiger partial charge >= 0.3 is 0 Å². The lowest BCUT2D eigenvalue weighted by Gasteiger charge is -2.12.